The van der Waals surface area contributed by atoms with Crippen molar-refractivity contribution in [2.75, 3.05) is 22.1 Å². The number of nitrogens with zero attached hydrogens (tertiary/aromatic N) is 3. The van der Waals surface area contributed by atoms with Crippen LogP contribution in [0.1, 0.15) is 45.9 Å². The van der Waals surface area contributed by atoms with Gasteiger partial charge in [0.2, 0.25) is 0 Å². The molecule has 0 spiro atoms. The first-order valence-electron chi connectivity index (χ1n) is 12.5. The third-order valence-corrected chi connectivity index (χ3v) is 10.8. The van der Waals surface area contributed by atoms with Crippen molar-refractivity contribution >= 4 is 54.4 Å². The Balaban J connectivity index is 1.18. The number of anilines is 2. The molecule has 2 unspecified atom stereocenters. The highest BCUT2D eigenvalue weighted by molar-refractivity contribution is 8.00. The lowest BCUT2D eigenvalue weighted by Gasteiger charge is -2.49. The largest absolute Gasteiger partial charge is 0.397 e. The lowest BCUT2D eigenvalue weighted by Crippen LogP contribution is -2.62. The first-order chi connectivity index (χ1) is 17.2. The van der Waals surface area contributed by atoms with E-state index in [0.717, 1.165) is 65.1 Å². The Morgan fingerprint density at radius 2 is 1.94 bits per heavy atom. The highest BCUT2D eigenvalue weighted by Gasteiger charge is 2.42. The molecule has 0 aromatic carbocycles. The maximum Gasteiger partial charge on any atom is 0.263 e. The predicted molar refractivity (Wildman–Crippen MR) is 149 cm³/mol. The fourth-order valence-corrected chi connectivity index (χ4v) is 9.31. The van der Waals surface area contributed by atoms with E-state index in [1.807, 2.05) is 19.1 Å². The molecule has 3 atom stereocenters. The van der Waals surface area contributed by atoms with E-state index >= 15 is 0 Å². The summed E-state index contributed by atoms with van der Waals surface area (Å²) in [4.78, 5) is 26.3. The molecule has 2 bridgehead atoms. The molecule has 6 rings (SSSR count). The van der Waals surface area contributed by atoms with E-state index in [4.69, 9.17) is 16.5 Å². The third kappa shape index (κ3) is 4.25. The summed E-state index contributed by atoms with van der Waals surface area (Å²) in [7, 11) is -2.06. The number of carbonyl (C=O) groups is 1. The number of fused-ring (bicyclic) bond motifs is 4. The lowest BCUT2D eigenvalue weighted by molar-refractivity contribution is 0.0938. The van der Waals surface area contributed by atoms with E-state index in [1.54, 1.807) is 0 Å². The average molecular weight is 525 g/mol. The predicted octanol–water partition coefficient (Wildman–Crippen LogP) is 2.26. The molecule has 0 saturated carbocycles. The Kier molecular flexibility index (Phi) is 5.73. The minimum Gasteiger partial charge on any atom is -0.397 e. The fourth-order valence-electron chi connectivity index (χ4n) is 6.14. The van der Waals surface area contributed by atoms with E-state index in [-0.39, 0.29) is 30.1 Å². The van der Waals surface area contributed by atoms with Crippen molar-refractivity contribution in [2.45, 2.75) is 63.2 Å². The molecule has 10 heteroatoms. The van der Waals surface area contributed by atoms with Crippen molar-refractivity contribution in [3.8, 4) is 0 Å². The van der Waals surface area contributed by atoms with Gasteiger partial charge in [-0.25, -0.2) is 9.97 Å². The second-order valence-corrected chi connectivity index (χ2v) is 14.2. The van der Waals surface area contributed by atoms with Crippen molar-refractivity contribution in [2.24, 2.45) is 5.73 Å². The van der Waals surface area contributed by atoms with Gasteiger partial charge in [0.05, 0.1) is 5.69 Å². The first kappa shape index (κ1) is 23.7. The molecule has 2 fully saturated rings. The zero-order valence-corrected chi connectivity index (χ0v) is 22.0. The quantitative estimate of drug-likeness (QED) is 0.449. The molecule has 5 N–H and O–H groups in total. The number of hydrogen-bond acceptors (Lipinski definition) is 8. The Hall–Kier alpha value is -2.69. The summed E-state index contributed by atoms with van der Waals surface area (Å²) in [6.45, 7) is 1.93. The summed E-state index contributed by atoms with van der Waals surface area (Å²) in [5, 5.41) is 4.02. The van der Waals surface area contributed by atoms with E-state index < -0.39 is 9.52 Å². The molecular formula is C26H32N6O2S2. The van der Waals surface area contributed by atoms with Crippen LogP contribution in [0.5, 0.6) is 0 Å². The van der Waals surface area contributed by atoms with Crippen LogP contribution < -0.4 is 21.7 Å². The number of hydrogen-bond donors (Lipinski definition) is 3. The molecule has 190 valence electrons. The van der Waals surface area contributed by atoms with Crippen molar-refractivity contribution in [3.63, 3.8) is 0 Å². The molecule has 3 aliphatic rings. The number of piperidine rings is 1. The van der Waals surface area contributed by atoms with Crippen LogP contribution in [0.3, 0.4) is 0 Å². The summed E-state index contributed by atoms with van der Waals surface area (Å²) in [6, 6.07) is 8.49. The van der Waals surface area contributed by atoms with Crippen molar-refractivity contribution < 1.29 is 9.00 Å². The zero-order chi connectivity index (χ0) is 25.2. The molecule has 2 saturated heterocycles. The first-order valence-corrected chi connectivity index (χ1v) is 15.4. The number of amides is 1. The van der Waals surface area contributed by atoms with Crippen molar-refractivity contribution in [1.29, 1.82) is 0 Å². The molecular weight excluding hydrogens is 492 g/mol. The van der Waals surface area contributed by atoms with Gasteiger partial charge in [-0.05, 0) is 78.2 Å². The molecule has 1 amide bonds. The van der Waals surface area contributed by atoms with Crippen molar-refractivity contribution in [1.82, 2.24) is 15.3 Å². The molecule has 3 aromatic heterocycles. The van der Waals surface area contributed by atoms with Gasteiger partial charge >= 0.3 is 0 Å². The molecule has 1 aliphatic carbocycles. The number of nitrogen functional groups attached to an aromatic ring is 1. The molecule has 8 nitrogen and oxygen atoms in total. The van der Waals surface area contributed by atoms with Crippen LogP contribution in [-0.2, 0) is 22.4 Å². The number of nitrogens with two attached hydrogens (primary N) is 2. The molecule has 3 aromatic rings. The molecule has 2 aliphatic heterocycles. The van der Waals surface area contributed by atoms with Gasteiger partial charge in [0.15, 0.2) is 0 Å². The third-order valence-electron chi connectivity index (χ3n) is 7.72. The van der Waals surface area contributed by atoms with Crippen LogP contribution in [0.15, 0.2) is 24.3 Å². The van der Waals surface area contributed by atoms with E-state index in [1.165, 1.54) is 11.3 Å². The van der Waals surface area contributed by atoms with Gasteiger partial charge in [0, 0.05) is 52.4 Å². The topological polar surface area (TPSA) is 127 Å². The minimum absolute atomic E-state index is 0.0279. The van der Waals surface area contributed by atoms with Gasteiger partial charge in [0.25, 0.3) is 5.91 Å². The number of carbonyl (C=O) groups excluding carboxylic acids is 1. The highest BCUT2D eigenvalue weighted by Crippen LogP contribution is 2.35. The lowest BCUT2D eigenvalue weighted by atomic mass is 9.90. The maximum atomic E-state index is 13.1. The molecule has 36 heavy (non-hydrogen) atoms. The number of thiophene rings is 1. The fraction of sp³-hybridized carbons (Fsp3) is 0.462. The monoisotopic (exact) mass is 524 g/mol. The molecule has 5 heterocycles. The van der Waals surface area contributed by atoms with E-state index in [2.05, 4.69) is 33.2 Å². The van der Waals surface area contributed by atoms with Crippen LogP contribution in [-0.4, -0.2) is 61.6 Å². The average Bonchev–Trinajstić information content (AvgIpc) is 3.13. The van der Waals surface area contributed by atoms with Gasteiger partial charge in [-0.2, -0.15) is 0 Å². The zero-order valence-electron chi connectivity index (χ0n) is 20.4. The van der Waals surface area contributed by atoms with Gasteiger partial charge in [-0.3, -0.25) is 9.00 Å². The van der Waals surface area contributed by atoms with Crippen molar-refractivity contribution in [3.05, 3.63) is 46.1 Å². The van der Waals surface area contributed by atoms with Crippen LogP contribution >= 0.6 is 11.3 Å². The standard InChI is InChI=1S/C26H32N6O2S2/c1-14-3-6-20-23(28)24(35-26(20)29-14)25(33)30-17-5-7-21-15(9-17)4-8-22(31-21)32-18-10-16(27)11-19(32)13-36(2,34)12-18/h3-4,6,8,16-19H,2,5,7,9-13,27-28H2,1H3,(H,30,33)/t16?,17-,18?,19?,36?/m0/s1. The molecule has 0 radical (unpaired) electrons. The summed E-state index contributed by atoms with van der Waals surface area (Å²) in [5.74, 6) is 5.99. The maximum absolute atomic E-state index is 13.1. The van der Waals surface area contributed by atoms with Crippen LogP contribution in [0.2, 0.25) is 0 Å². The summed E-state index contributed by atoms with van der Waals surface area (Å²) in [5.41, 5.74) is 16.2. The Morgan fingerprint density at radius 1 is 1.19 bits per heavy atom. The second-order valence-electron chi connectivity index (χ2n) is 10.6. The summed E-state index contributed by atoms with van der Waals surface area (Å²) >= 11 is 1.35. The summed E-state index contributed by atoms with van der Waals surface area (Å²) in [6.07, 6.45) is 4.01. The number of aromatic nitrogens is 2. The Morgan fingerprint density at radius 3 is 2.69 bits per heavy atom. The SMILES string of the molecule is C=S1(=O)CC2CC(N)CC(C1)N2c1ccc2c(n1)CC[C@H](NC(=O)c1sc3nc(C)ccc3c1N)C2. The van der Waals surface area contributed by atoms with E-state index in [0.29, 0.717) is 22.1 Å². The number of pyridine rings is 2. The second kappa shape index (κ2) is 8.71. The Bertz CT molecular complexity index is 1440. The van der Waals surface area contributed by atoms with Gasteiger partial charge < -0.3 is 21.7 Å². The smallest absolute Gasteiger partial charge is 0.263 e. The van der Waals surface area contributed by atoms with E-state index in [9.17, 15) is 9.00 Å². The van der Waals surface area contributed by atoms with Gasteiger partial charge in [-0.1, -0.05) is 6.07 Å². The number of aryl methyl sites for hydroxylation is 2. The van der Waals surface area contributed by atoms with Crippen LogP contribution in [0.25, 0.3) is 10.2 Å². The normalized spacial score (nSPS) is 29.7. The Labute approximate surface area is 215 Å². The van der Waals surface area contributed by atoms with Gasteiger partial charge in [-0.15, -0.1) is 11.3 Å². The highest BCUT2D eigenvalue weighted by atomic mass is 32.2. The van der Waals surface area contributed by atoms with Crippen LogP contribution in [0, 0.1) is 6.92 Å². The summed E-state index contributed by atoms with van der Waals surface area (Å²) < 4.78 is 12.8. The van der Waals surface area contributed by atoms with Gasteiger partial charge in [0.1, 0.15) is 15.5 Å². The number of nitrogens with one attached hydrogen (secondary N) is 1. The van der Waals surface area contributed by atoms with Crippen LogP contribution in [0.4, 0.5) is 11.5 Å². The minimum atomic E-state index is -2.06. The number of rotatable bonds is 3.